The highest BCUT2D eigenvalue weighted by Crippen LogP contribution is 2.32. The lowest BCUT2D eigenvalue weighted by atomic mass is 10.3. The number of aliphatic carboxylic acids is 1. The monoisotopic (exact) mass is 233 g/mol. The van der Waals surface area contributed by atoms with E-state index in [-0.39, 0.29) is 12.3 Å². The third-order valence-electron chi connectivity index (χ3n) is 1.44. The van der Waals surface area contributed by atoms with Crippen molar-refractivity contribution >= 4 is 40.5 Å². The molecule has 1 rings (SSSR count). The van der Waals surface area contributed by atoms with Gasteiger partial charge in [-0.2, -0.15) is 0 Å². The zero-order valence-corrected chi connectivity index (χ0v) is 8.91. The number of nitrogens with one attached hydrogen (secondary N) is 1. The van der Waals surface area contributed by atoms with E-state index >= 15 is 0 Å². The molecular formula is C8H8ClNO3S. The maximum Gasteiger partial charge on any atom is 0.308 e. The maximum absolute atomic E-state index is 10.8. The SMILES string of the molecule is CC(=O)Nc1c(Cl)csc1CC(=O)O. The Bertz CT molecular complexity index is 375. The van der Waals surface area contributed by atoms with Crippen LogP contribution in [-0.2, 0) is 16.0 Å². The van der Waals surface area contributed by atoms with E-state index in [4.69, 9.17) is 16.7 Å². The van der Waals surface area contributed by atoms with Crippen LogP contribution >= 0.6 is 22.9 Å². The van der Waals surface area contributed by atoms with Gasteiger partial charge in [0.05, 0.1) is 17.1 Å². The molecule has 1 amide bonds. The van der Waals surface area contributed by atoms with Crippen molar-refractivity contribution in [2.24, 2.45) is 0 Å². The summed E-state index contributed by atoms with van der Waals surface area (Å²) in [7, 11) is 0. The highest BCUT2D eigenvalue weighted by atomic mass is 35.5. The molecule has 76 valence electrons. The molecule has 4 nitrogen and oxygen atoms in total. The summed E-state index contributed by atoms with van der Waals surface area (Å²) in [6.45, 7) is 1.35. The lowest BCUT2D eigenvalue weighted by molar-refractivity contribution is -0.136. The van der Waals surface area contributed by atoms with Crippen molar-refractivity contribution in [3.63, 3.8) is 0 Å². The number of carboxylic acids is 1. The average molecular weight is 234 g/mol. The maximum atomic E-state index is 10.8. The van der Waals surface area contributed by atoms with Crippen molar-refractivity contribution in [1.82, 2.24) is 0 Å². The predicted octanol–water partition coefficient (Wildman–Crippen LogP) is 1.99. The molecule has 0 saturated carbocycles. The van der Waals surface area contributed by atoms with Crippen molar-refractivity contribution < 1.29 is 14.7 Å². The van der Waals surface area contributed by atoms with Gasteiger partial charge in [-0.1, -0.05) is 11.6 Å². The molecule has 1 aromatic rings. The highest BCUT2D eigenvalue weighted by Gasteiger charge is 2.13. The number of rotatable bonds is 3. The Morgan fingerprint density at radius 1 is 1.64 bits per heavy atom. The van der Waals surface area contributed by atoms with Gasteiger partial charge in [0.2, 0.25) is 5.91 Å². The van der Waals surface area contributed by atoms with E-state index in [0.29, 0.717) is 15.6 Å². The first kappa shape index (κ1) is 11.0. The summed E-state index contributed by atoms with van der Waals surface area (Å²) in [6.07, 6.45) is -0.132. The van der Waals surface area contributed by atoms with Crippen LogP contribution < -0.4 is 5.32 Å². The molecule has 0 atom stereocenters. The van der Waals surface area contributed by atoms with E-state index in [0.717, 1.165) is 0 Å². The van der Waals surface area contributed by atoms with Crippen molar-refractivity contribution in [3.05, 3.63) is 15.3 Å². The first-order valence-electron chi connectivity index (χ1n) is 3.76. The third kappa shape index (κ3) is 2.71. The lowest BCUT2D eigenvalue weighted by Gasteiger charge is -2.02. The number of carbonyl (C=O) groups excluding carboxylic acids is 1. The Morgan fingerprint density at radius 3 is 2.79 bits per heavy atom. The second kappa shape index (κ2) is 4.43. The second-order valence-electron chi connectivity index (χ2n) is 2.63. The van der Waals surface area contributed by atoms with Gasteiger partial charge in [0.15, 0.2) is 0 Å². The summed E-state index contributed by atoms with van der Waals surface area (Å²) in [6, 6.07) is 0. The molecule has 0 aliphatic heterocycles. The first-order valence-corrected chi connectivity index (χ1v) is 5.01. The van der Waals surface area contributed by atoms with Crippen LogP contribution in [-0.4, -0.2) is 17.0 Å². The van der Waals surface area contributed by atoms with Gasteiger partial charge in [-0.15, -0.1) is 11.3 Å². The van der Waals surface area contributed by atoms with Crippen LogP contribution in [0.2, 0.25) is 5.02 Å². The smallest absolute Gasteiger partial charge is 0.308 e. The average Bonchev–Trinajstić information content (AvgIpc) is 2.34. The van der Waals surface area contributed by atoms with Crippen LogP contribution in [0.25, 0.3) is 0 Å². The topological polar surface area (TPSA) is 66.4 Å². The molecular weight excluding hydrogens is 226 g/mol. The van der Waals surface area contributed by atoms with E-state index in [9.17, 15) is 9.59 Å². The molecule has 0 aromatic carbocycles. The van der Waals surface area contributed by atoms with Crippen LogP contribution in [0.3, 0.4) is 0 Å². The van der Waals surface area contributed by atoms with Crippen LogP contribution in [0.5, 0.6) is 0 Å². The second-order valence-corrected chi connectivity index (χ2v) is 4.00. The number of hydrogen-bond acceptors (Lipinski definition) is 3. The number of carboxylic acid groups (broad SMARTS) is 1. The number of halogens is 1. The lowest BCUT2D eigenvalue weighted by Crippen LogP contribution is -2.08. The predicted molar refractivity (Wildman–Crippen MR) is 55.0 cm³/mol. The quantitative estimate of drug-likeness (QED) is 0.839. The molecule has 1 heterocycles. The van der Waals surface area contributed by atoms with Crippen molar-refractivity contribution in [2.75, 3.05) is 5.32 Å². The summed E-state index contributed by atoms with van der Waals surface area (Å²) < 4.78 is 0. The molecule has 0 fully saturated rings. The minimum atomic E-state index is -0.949. The molecule has 2 N–H and O–H groups in total. The van der Waals surface area contributed by atoms with Crippen LogP contribution in [0, 0.1) is 0 Å². The molecule has 6 heteroatoms. The number of anilines is 1. The van der Waals surface area contributed by atoms with Crippen LogP contribution in [0.1, 0.15) is 11.8 Å². The summed E-state index contributed by atoms with van der Waals surface area (Å²) >= 11 is 6.99. The third-order valence-corrected chi connectivity index (χ3v) is 2.85. The summed E-state index contributed by atoms with van der Waals surface area (Å²) in [5, 5.41) is 13.1. The van der Waals surface area contributed by atoms with Gasteiger partial charge in [0.25, 0.3) is 0 Å². The zero-order chi connectivity index (χ0) is 10.7. The number of amides is 1. The Kier molecular flexibility index (Phi) is 3.49. The van der Waals surface area contributed by atoms with Gasteiger partial charge in [-0.25, -0.2) is 0 Å². The van der Waals surface area contributed by atoms with Gasteiger partial charge in [-0.3, -0.25) is 9.59 Å². The van der Waals surface area contributed by atoms with E-state index in [1.54, 1.807) is 5.38 Å². The number of hydrogen-bond donors (Lipinski definition) is 2. The molecule has 0 aliphatic carbocycles. The van der Waals surface area contributed by atoms with E-state index < -0.39 is 5.97 Å². The Morgan fingerprint density at radius 2 is 2.29 bits per heavy atom. The van der Waals surface area contributed by atoms with Crippen molar-refractivity contribution in [1.29, 1.82) is 0 Å². The van der Waals surface area contributed by atoms with Crippen LogP contribution in [0.15, 0.2) is 5.38 Å². The van der Waals surface area contributed by atoms with Gasteiger partial charge in [0, 0.05) is 17.2 Å². The Labute approximate surface area is 89.5 Å². The van der Waals surface area contributed by atoms with Gasteiger partial charge >= 0.3 is 5.97 Å². The fourth-order valence-electron chi connectivity index (χ4n) is 0.947. The molecule has 1 aromatic heterocycles. The molecule has 0 radical (unpaired) electrons. The number of thiophene rings is 1. The zero-order valence-electron chi connectivity index (χ0n) is 7.33. The highest BCUT2D eigenvalue weighted by molar-refractivity contribution is 7.11. The largest absolute Gasteiger partial charge is 0.481 e. The first-order chi connectivity index (χ1) is 6.50. The van der Waals surface area contributed by atoms with Gasteiger partial charge < -0.3 is 10.4 Å². The molecule has 0 bridgehead atoms. The molecule has 0 aliphatic rings. The van der Waals surface area contributed by atoms with Crippen molar-refractivity contribution in [2.45, 2.75) is 13.3 Å². The standard InChI is InChI=1S/C8H8ClNO3S/c1-4(11)10-8-5(9)3-14-6(8)2-7(12)13/h3H,2H2,1H3,(H,10,11)(H,12,13). The van der Waals surface area contributed by atoms with Crippen molar-refractivity contribution in [3.8, 4) is 0 Å². The molecule has 14 heavy (non-hydrogen) atoms. The van der Waals surface area contributed by atoms with Gasteiger partial charge in [0.1, 0.15) is 0 Å². The summed E-state index contributed by atoms with van der Waals surface area (Å²) in [4.78, 5) is 21.8. The van der Waals surface area contributed by atoms with E-state index in [2.05, 4.69) is 5.32 Å². The van der Waals surface area contributed by atoms with Crippen LogP contribution in [0.4, 0.5) is 5.69 Å². The van der Waals surface area contributed by atoms with E-state index in [1.165, 1.54) is 18.3 Å². The minimum Gasteiger partial charge on any atom is -0.481 e. The molecule has 0 unspecified atom stereocenters. The summed E-state index contributed by atoms with van der Waals surface area (Å²) in [5.41, 5.74) is 0.409. The fraction of sp³-hybridized carbons (Fsp3) is 0.250. The minimum absolute atomic E-state index is 0.132. The summed E-state index contributed by atoms with van der Waals surface area (Å²) in [5.74, 6) is -1.22. The Hall–Kier alpha value is -1.07. The van der Waals surface area contributed by atoms with E-state index in [1.807, 2.05) is 0 Å². The Balaban J connectivity index is 2.93. The normalized spacial score (nSPS) is 9.86. The molecule has 0 spiro atoms. The molecule has 0 saturated heterocycles. The van der Waals surface area contributed by atoms with Gasteiger partial charge in [-0.05, 0) is 0 Å². The fourth-order valence-corrected chi connectivity index (χ4v) is 2.15. The number of carbonyl (C=O) groups is 2.